The lowest BCUT2D eigenvalue weighted by atomic mass is 9.92. The molecule has 2 amide bonds. The molecular weight excluding hydrogens is 480 g/mol. The highest BCUT2D eigenvalue weighted by Crippen LogP contribution is 2.40. The van der Waals surface area contributed by atoms with Gasteiger partial charge in [-0.25, -0.2) is 14.3 Å². The predicted octanol–water partition coefficient (Wildman–Crippen LogP) is 1.23. The molecular formula is C25H28N6O6. The first-order valence-electron chi connectivity index (χ1n) is 11.9. The van der Waals surface area contributed by atoms with Crippen LogP contribution in [0, 0.1) is 11.3 Å². The lowest BCUT2D eigenvalue weighted by molar-refractivity contribution is -0.149. The molecule has 2 aromatic heterocycles. The van der Waals surface area contributed by atoms with Crippen LogP contribution in [-0.2, 0) is 26.3 Å². The minimum atomic E-state index is -2.02. The molecule has 3 N–H and O–H groups in total. The van der Waals surface area contributed by atoms with Gasteiger partial charge in [0.05, 0.1) is 12.1 Å². The molecule has 3 heterocycles. The number of aliphatic hydroxyl groups is 2. The third-order valence-corrected chi connectivity index (χ3v) is 6.33. The quantitative estimate of drug-likeness (QED) is 0.380. The number of ether oxygens (including phenoxy) is 2. The maximum absolute atomic E-state index is 12.5. The summed E-state index contributed by atoms with van der Waals surface area (Å²) in [6.07, 6.45) is -3.13. The maximum Gasteiger partial charge on any atom is 0.323 e. The minimum Gasteiger partial charge on any atom is -0.463 e. The number of carbonyl (C=O) groups excluding carboxylic acids is 2. The number of urea groups is 1. The summed E-state index contributed by atoms with van der Waals surface area (Å²) in [5.41, 5.74) is -0.780. The van der Waals surface area contributed by atoms with Crippen molar-refractivity contribution >= 4 is 23.3 Å². The van der Waals surface area contributed by atoms with Gasteiger partial charge < -0.3 is 24.6 Å². The summed E-state index contributed by atoms with van der Waals surface area (Å²) in [5, 5.41) is 38.5. The fourth-order valence-electron chi connectivity index (χ4n) is 4.31. The standard InChI is InChI=1S/C25H28N6O6/c1-3-30(4-2)24(35)29-23-17-10-11-19(31(17)28-15-27-23)25(14-26)22(34)21(33)18(37-25)13-36-20(32)12-16-8-6-5-7-9-16/h5-11,15,18,21-22,33-34H,3-4,12-13H2,1-2H3,(H,27,28,29,35)/t18-,21-,22-,25+/m1/s1. The number of aromatic nitrogens is 3. The summed E-state index contributed by atoms with van der Waals surface area (Å²) in [7, 11) is 0. The van der Waals surface area contributed by atoms with Crippen molar-refractivity contribution in [2.45, 2.75) is 44.2 Å². The van der Waals surface area contributed by atoms with Gasteiger partial charge in [-0.1, -0.05) is 30.3 Å². The van der Waals surface area contributed by atoms with Gasteiger partial charge in [0.15, 0.2) is 5.82 Å². The number of carbonyl (C=O) groups is 2. The van der Waals surface area contributed by atoms with Crippen molar-refractivity contribution in [1.82, 2.24) is 19.5 Å². The molecule has 4 rings (SSSR count). The zero-order valence-corrected chi connectivity index (χ0v) is 20.4. The van der Waals surface area contributed by atoms with Crippen molar-refractivity contribution in [2.24, 2.45) is 0 Å². The molecule has 1 aromatic carbocycles. The number of hydrogen-bond donors (Lipinski definition) is 3. The van der Waals surface area contributed by atoms with E-state index in [0.717, 1.165) is 5.56 Å². The van der Waals surface area contributed by atoms with Crippen LogP contribution in [0.1, 0.15) is 25.1 Å². The highest BCUT2D eigenvalue weighted by atomic mass is 16.6. The Kier molecular flexibility index (Phi) is 7.68. The zero-order valence-electron chi connectivity index (χ0n) is 20.4. The number of nitrogens with one attached hydrogen (secondary N) is 1. The van der Waals surface area contributed by atoms with Crippen LogP contribution in [0.4, 0.5) is 10.6 Å². The third kappa shape index (κ3) is 4.97. The number of benzene rings is 1. The second kappa shape index (κ2) is 10.9. The van der Waals surface area contributed by atoms with E-state index in [1.807, 2.05) is 26.0 Å². The molecule has 0 bridgehead atoms. The van der Waals surface area contributed by atoms with Gasteiger partial charge in [0.1, 0.15) is 42.8 Å². The summed E-state index contributed by atoms with van der Waals surface area (Å²) in [6, 6.07) is 13.7. The van der Waals surface area contributed by atoms with E-state index in [4.69, 9.17) is 9.47 Å². The summed E-state index contributed by atoms with van der Waals surface area (Å²) >= 11 is 0. The van der Waals surface area contributed by atoms with Crippen molar-refractivity contribution in [1.29, 1.82) is 5.26 Å². The Morgan fingerprint density at radius 1 is 1.22 bits per heavy atom. The smallest absolute Gasteiger partial charge is 0.323 e. The number of esters is 1. The van der Waals surface area contributed by atoms with E-state index in [1.54, 1.807) is 35.2 Å². The maximum atomic E-state index is 12.5. The van der Waals surface area contributed by atoms with E-state index >= 15 is 0 Å². The van der Waals surface area contributed by atoms with Crippen molar-refractivity contribution in [2.75, 3.05) is 25.0 Å². The number of nitriles is 1. The minimum absolute atomic E-state index is 0.0256. The van der Waals surface area contributed by atoms with E-state index < -0.39 is 29.9 Å². The Balaban J connectivity index is 1.55. The van der Waals surface area contributed by atoms with Crippen LogP contribution in [0.3, 0.4) is 0 Å². The van der Waals surface area contributed by atoms with Crippen LogP contribution < -0.4 is 5.32 Å². The lowest BCUT2D eigenvalue weighted by Crippen LogP contribution is -2.41. The van der Waals surface area contributed by atoms with Crippen molar-refractivity contribution < 1.29 is 29.3 Å². The van der Waals surface area contributed by atoms with Crippen molar-refractivity contribution in [3.8, 4) is 6.07 Å². The number of rotatable bonds is 8. The van der Waals surface area contributed by atoms with E-state index in [-0.39, 0.29) is 30.6 Å². The van der Waals surface area contributed by atoms with Crippen LogP contribution in [0.15, 0.2) is 48.8 Å². The number of hydrogen-bond acceptors (Lipinski definition) is 9. The SMILES string of the molecule is CCN(CC)C(=O)Nc1ncnn2c([C@]3(C#N)O[C@H](COC(=O)Cc4ccccc4)[C@@H](O)[C@H]3O)ccc12. The molecule has 1 saturated heterocycles. The van der Waals surface area contributed by atoms with E-state index in [9.17, 15) is 25.1 Å². The lowest BCUT2D eigenvalue weighted by Gasteiger charge is -2.24. The molecule has 1 aliphatic heterocycles. The number of amides is 2. The van der Waals surface area contributed by atoms with Crippen molar-refractivity contribution in [3.05, 3.63) is 60.0 Å². The number of aliphatic hydroxyl groups excluding tert-OH is 2. The number of nitrogens with zero attached hydrogens (tertiary/aromatic N) is 5. The van der Waals surface area contributed by atoms with Gasteiger partial charge in [0.25, 0.3) is 0 Å². The second-order valence-electron chi connectivity index (χ2n) is 8.51. The van der Waals surface area contributed by atoms with E-state index in [2.05, 4.69) is 15.4 Å². The average Bonchev–Trinajstić information content (AvgIpc) is 3.45. The molecule has 194 valence electrons. The molecule has 0 spiro atoms. The van der Waals surface area contributed by atoms with Gasteiger partial charge in [0, 0.05) is 13.1 Å². The zero-order chi connectivity index (χ0) is 26.6. The Labute approximate surface area is 213 Å². The van der Waals surface area contributed by atoms with Crippen LogP contribution >= 0.6 is 0 Å². The average molecular weight is 509 g/mol. The molecule has 4 atom stereocenters. The first kappa shape index (κ1) is 26.0. The topological polar surface area (TPSA) is 162 Å². The molecule has 0 radical (unpaired) electrons. The molecule has 1 fully saturated rings. The fraction of sp³-hybridized carbons (Fsp3) is 0.400. The van der Waals surface area contributed by atoms with Gasteiger partial charge in [-0.05, 0) is 31.5 Å². The van der Waals surface area contributed by atoms with Gasteiger partial charge >= 0.3 is 12.0 Å². The van der Waals surface area contributed by atoms with Crippen LogP contribution in [0.5, 0.6) is 0 Å². The Hall–Kier alpha value is -4.05. The Bertz CT molecular complexity index is 1300. The summed E-state index contributed by atoms with van der Waals surface area (Å²) in [4.78, 5) is 30.5. The van der Waals surface area contributed by atoms with Gasteiger partial charge in [-0.3, -0.25) is 10.1 Å². The van der Waals surface area contributed by atoms with Crippen LogP contribution in [-0.4, -0.2) is 79.7 Å². The molecule has 0 aliphatic carbocycles. The van der Waals surface area contributed by atoms with Gasteiger partial charge in [-0.2, -0.15) is 10.4 Å². The van der Waals surface area contributed by atoms with Crippen LogP contribution in [0.25, 0.3) is 5.52 Å². The fourth-order valence-corrected chi connectivity index (χ4v) is 4.31. The van der Waals surface area contributed by atoms with Crippen molar-refractivity contribution in [3.63, 3.8) is 0 Å². The monoisotopic (exact) mass is 508 g/mol. The van der Waals surface area contributed by atoms with E-state index in [0.29, 0.717) is 18.6 Å². The summed E-state index contributed by atoms with van der Waals surface area (Å²) < 4.78 is 12.4. The summed E-state index contributed by atoms with van der Waals surface area (Å²) in [5.74, 6) is -0.342. The van der Waals surface area contributed by atoms with Gasteiger partial charge in [0.2, 0.25) is 5.60 Å². The normalized spacial score (nSPS) is 22.9. The molecule has 3 aromatic rings. The Morgan fingerprint density at radius 3 is 2.62 bits per heavy atom. The number of anilines is 1. The molecule has 0 saturated carbocycles. The molecule has 12 heteroatoms. The van der Waals surface area contributed by atoms with Crippen LogP contribution in [0.2, 0.25) is 0 Å². The van der Waals surface area contributed by atoms with E-state index in [1.165, 1.54) is 16.9 Å². The second-order valence-corrected chi connectivity index (χ2v) is 8.51. The highest BCUT2D eigenvalue weighted by molar-refractivity contribution is 5.92. The molecule has 0 unspecified atom stereocenters. The molecule has 12 nitrogen and oxygen atoms in total. The first-order chi connectivity index (χ1) is 17.8. The predicted molar refractivity (Wildman–Crippen MR) is 130 cm³/mol. The highest BCUT2D eigenvalue weighted by Gasteiger charge is 2.57. The summed E-state index contributed by atoms with van der Waals surface area (Å²) in [6.45, 7) is 4.34. The largest absolute Gasteiger partial charge is 0.463 e. The third-order valence-electron chi connectivity index (χ3n) is 6.33. The Morgan fingerprint density at radius 2 is 1.95 bits per heavy atom. The number of fused-ring (bicyclic) bond motifs is 1. The first-order valence-corrected chi connectivity index (χ1v) is 11.9. The molecule has 37 heavy (non-hydrogen) atoms. The molecule has 1 aliphatic rings. The van der Waals surface area contributed by atoms with Gasteiger partial charge in [-0.15, -0.1) is 0 Å².